The van der Waals surface area contributed by atoms with Gasteiger partial charge in [-0.05, 0) is 46.9 Å². The maximum absolute atomic E-state index is 15.0. The third kappa shape index (κ3) is 3.45. The number of benzene rings is 3. The molecular formula is C21H15F5O. The van der Waals surface area contributed by atoms with Crippen molar-refractivity contribution in [3.63, 3.8) is 0 Å². The molecule has 1 N–H and O–H groups in total. The summed E-state index contributed by atoms with van der Waals surface area (Å²) in [6.07, 6.45) is 0.745. The van der Waals surface area contributed by atoms with Crippen molar-refractivity contribution in [1.29, 1.82) is 0 Å². The lowest BCUT2D eigenvalue weighted by Crippen LogP contribution is -2.02. The van der Waals surface area contributed by atoms with Crippen LogP contribution < -0.4 is 0 Å². The van der Waals surface area contributed by atoms with E-state index in [0.717, 1.165) is 18.1 Å². The van der Waals surface area contributed by atoms with E-state index in [0.29, 0.717) is 17.7 Å². The van der Waals surface area contributed by atoms with E-state index in [-0.39, 0.29) is 16.7 Å². The summed E-state index contributed by atoms with van der Waals surface area (Å²) >= 11 is 0. The van der Waals surface area contributed by atoms with E-state index in [1.165, 1.54) is 0 Å². The molecule has 0 radical (unpaired) electrons. The molecule has 0 amide bonds. The number of aryl methyl sites for hydroxylation is 1. The summed E-state index contributed by atoms with van der Waals surface area (Å²) in [5.74, 6) is -6.71. The Balaban J connectivity index is 2.33. The van der Waals surface area contributed by atoms with Crippen molar-refractivity contribution in [2.75, 3.05) is 0 Å². The first-order valence-electron chi connectivity index (χ1n) is 8.23. The minimum Gasteiger partial charge on any atom is -0.391 e. The minimum absolute atomic E-state index is 0.131. The van der Waals surface area contributed by atoms with Gasteiger partial charge in [0.15, 0.2) is 17.5 Å². The second-order valence-electron chi connectivity index (χ2n) is 6.04. The normalized spacial score (nSPS) is 11.1. The van der Waals surface area contributed by atoms with Crippen LogP contribution in [-0.4, -0.2) is 5.11 Å². The van der Waals surface area contributed by atoms with E-state index in [1.807, 2.05) is 6.92 Å². The van der Waals surface area contributed by atoms with Crippen molar-refractivity contribution < 1.29 is 27.1 Å². The van der Waals surface area contributed by atoms with Gasteiger partial charge in [-0.1, -0.05) is 31.2 Å². The van der Waals surface area contributed by atoms with E-state index >= 15 is 0 Å². The highest BCUT2D eigenvalue weighted by Crippen LogP contribution is 2.38. The highest BCUT2D eigenvalue weighted by Gasteiger charge is 2.22. The Kier molecular flexibility index (Phi) is 5.28. The van der Waals surface area contributed by atoms with Gasteiger partial charge in [0.1, 0.15) is 11.6 Å². The zero-order chi connectivity index (χ0) is 19.7. The standard InChI is InChI=1S/C21H15F5O/c1-2-11-3-5-12(6-4-11)19-14(9-16(22)15(10-27)20(19)25)13-7-17(23)21(26)18(24)8-13/h3-9,27H,2,10H2,1H3. The molecule has 1 nitrogen and oxygen atoms in total. The number of rotatable bonds is 4. The Morgan fingerprint density at radius 1 is 0.741 bits per heavy atom. The molecule has 0 aliphatic carbocycles. The van der Waals surface area contributed by atoms with Gasteiger partial charge in [0.25, 0.3) is 0 Å². The molecule has 0 aliphatic rings. The molecule has 0 saturated heterocycles. The van der Waals surface area contributed by atoms with Crippen molar-refractivity contribution in [2.24, 2.45) is 0 Å². The Morgan fingerprint density at radius 3 is 1.85 bits per heavy atom. The SMILES string of the molecule is CCc1ccc(-c2c(-c3cc(F)c(F)c(F)c3)cc(F)c(CO)c2F)cc1. The molecule has 3 aromatic carbocycles. The van der Waals surface area contributed by atoms with Crippen molar-refractivity contribution >= 4 is 0 Å². The topological polar surface area (TPSA) is 20.2 Å². The lowest BCUT2D eigenvalue weighted by molar-refractivity contribution is 0.269. The quantitative estimate of drug-likeness (QED) is 0.451. The van der Waals surface area contributed by atoms with Crippen molar-refractivity contribution in [2.45, 2.75) is 20.0 Å². The predicted octanol–water partition coefficient (Wildman–Crippen LogP) is 5.77. The third-order valence-corrected chi connectivity index (χ3v) is 4.42. The first kappa shape index (κ1) is 19.0. The average Bonchev–Trinajstić information content (AvgIpc) is 2.66. The maximum atomic E-state index is 15.0. The fourth-order valence-corrected chi connectivity index (χ4v) is 2.93. The van der Waals surface area contributed by atoms with Gasteiger partial charge in [0, 0.05) is 11.1 Å². The monoisotopic (exact) mass is 378 g/mol. The van der Waals surface area contributed by atoms with E-state index in [2.05, 4.69) is 0 Å². The molecule has 140 valence electrons. The van der Waals surface area contributed by atoms with Gasteiger partial charge in [-0.2, -0.15) is 0 Å². The number of hydrogen-bond donors (Lipinski definition) is 1. The molecular weight excluding hydrogens is 363 g/mol. The summed E-state index contributed by atoms with van der Waals surface area (Å²) < 4.78 is 69.8. The predicted molar refractivity (Wildman–Crippen MR) is 92.4 cm³/mol. The first-order valence-corrected chi connectivity index (χ1v) is 8.23. The van der Waals surface area contributed by atoms with Crippen molar-refractivity contribution in [3.8, 4) is 22.3 Å². The molecule has 0 aromatic heterocycles. The molecule has 0 unspecified atom stereocenters. The van der Waals surface area contributed by atoms with Gasteiger partial charge in [-0.25, -0.2) is 22.0 Å². The molecule has 27 heavy (non-hydrogen) atoms. The van der Waals surface area contributed by atoms with Crippen LogP contribution in [0, 0.1) is 29.1 Å². The molecule has 0 spiro atoms. The average molecular weight is 378 g/mol. The molecule has 6 heteroatoms. The van der Waals surface area contributed by atoms with Crippen LogP contribution in [-0.2, 0) is 13.0 Å². The summed E-state index contributed by atoms with van der Waals surface area (Å²) in [7, 11) is 0. The maximum Gasteiger partial charge on any atom is 0.194 e. The van der Waals surface area contributed by atoms with Crippen LogP contribution in [0.3, 0.4) is 0 Å². The zero-order valence-electron chi connectivity index (χ0n) is 14.3. The van der Waals surface area contributed by atoms with E-state index in [1.54, 1.807) is 24.3 Å². The highest BCUT2D eigenvalue weighted by molar-refractivity contribution is 5.84. The first-order chi connectivity index (χ1) is 12.9. The summed E-state index contributed by atoms with van der Waals surface area (Å²) in [4.78, 5) is 0. The molecule has 0 aliphatic heterocycles. The smallest absolute Gasteiger partial charge is 0.194 e. The third-order valence-electron chi connectivity index (χ3n) is 4.42. The lowest BCUT2D eigenvalue weighted by atomic mass is 9.91. The number of halogens is 5. The molecule has 3 aromatic rings. The van der Waals surface area contributed by atoms with Gasteiger partial charge in [0.05, 0.1) is 6.61 Å². The number of aliphatic hydroxyl groups is 1. The van der Waals surface area contributed by atoms with Gasteiger partial charge < -0.3 is 5.11 Å². The second-order valence-corrected chi connectivity index (χ2v) is 6.04. The Morgan fingerprint density at radius 2 is 1.33 bits per heavy atom. The van der Waals surface area contributed by atoms with Gasteiger partial charge in [-0.3, -0.25) is 0 Å². The van der Waals surface area contributed by atoms with Crippen molar-refractivity contribution in [3.05, 3.63) is 82.7 Å². The van der Waals surface area contributed by atoms with Crippen LogP contribution in [0.4, 0.5) is 22.0 Å². The molecule has 0 fully saturated rings. The van der Waals surface area contributed by atoms with E-state index in [9.17, 15) is 27.1 Å². The van der Waals surface area contributed by atoms with Crippen LogP contribution in [0.15, 0.2) is 42.5 Å². The van der Waals surface area contributed by atoms with Gasteiger partial charge >= 0.3 is 0 Å². The summed E-state index contributed by atoms with van der Waals surface area (Å²) in [5.41, 5.74) is 0.251. The van der Waals surface area contributed by atoms with E-state index in [4.69, 9.17) is 0 Å². The zero-order valence-corrected chi connectivity index (χ0v) is 14.3. The summed E-state index contributed by atoms with van der Waals surface area (Å²) in [6, 6.07) is 8.90. The molecule has 0 heterocycles. The van der Waals surface area contributed by atoms with Gasteiger partial charge in [0.2, 0.25) is 0 Å². The number of hydrogen-bond acceptors (Lipinski definition) is 1. The van der Waals surface area contributed by atoms with Crippen LogP contribution in [0.25, 0.3) is 22.3 Å². The summed E-state index contributed by atoms with van der Waals surface area (Å²) in [5, 5.41) is 9.29. The molecule has 0 saturated carbocycles. The minimum atomic E-state index is -1.67. The molecule has 0 atom stereocenters. The Bertz CT molecular complexity index is 973. The fraction of sp³-hybridized carbons (Fsp3) is 0.143. The fourth-order valence-electron chi connectivity index (χ4n) is 2.93. The van der Waals surface area contributed by atoms with Crippen molar-refractivity contribution in [1.82, 2.24) is 0 Å². The largest absolute Gasteiger partial charge is 0.391 e. The second kappa shape index (κ2) is 7.48. The lowest BCUT2D eigenvalue weighted by Gasteiger charge is -2.16. The van der Waals surface area contributed by atoms with Crippen LogP contribution in [0.1, 0.15) is 18.1 Å². The molecule has 0 bridgehead atoms. The van der Waals surface area contributed by atoms with Crippen LogP contribution in [0.5, 0.6) is 0 Å². The Hall–Kier alpha value is -2.73. The van der Waals surface area contributed by atoms with Crippen LogP contribution >= 0.6 is 0 Å². The number of aliphatic hydroxyl groups excluding tert-OH is 1. The highest BCUT2D eigenvalue weighted by atomic mass is 19.2. The Labute approximate surface area is 152 Å². The van der Waals surface area contributed by atoms with Gasteiger partial charge in [-0.15, -0.1) is 0 Å². The summed E-state index contributed by atoms with van der Waals surface area (Å²) in [6.45, 7) is 1.05. The van der Waals surface area contributed by atoms with E-state index < -0.39 is 41.3 Å². The van der Waals surface area contributed by atoms with Crippen LogP contribution in [0.2, 0.25) is 0 Å². The molecule has 3 rings (SSSR count).